The van der Waals surface area contributed by atoms with E-state index in [-0.39, 0.29) is 5.56 Å². The zero-order valence-corrected chi connectivity index (χ0v) is 13.9. The van der Waals surface area contributed by atoms with E-state index in [0.717, 1.165) is 23.2 Å². The minimum atomic E-state index is -0.192. The molecule has 0 spiro atoms. The molecule has 1 N–H and O–H groups in total. The van der Waals surface area contributed by atoms with Crippen LogP contribution in [0.25, 0.3) is 22.3 Å². The van der Waals surface area contributed by atoms with Crippen molar-refractivity contribution in [2.75, 3.05) is 0 Å². The molecule has 0 aliphatic heterocycles. The summed E-state index contributed by atoms with van der Waals surface area (Å²) in [6, 6.07) is 5.32. The lowest BCUT2D eigenvalue weighted by atomic mass is 10.1. The molecule has 0 atom stereocenters. The first-order valence-electron chi connectivity index (χ1n) is 7.89. The maximum absolute atomic E-state index is 11.9. The third-order valence-corrected chi connectivity index (χ3v) is 4.31. The molecular weight excluding hydrogens is 320 g/mol. The normalized spacial score (nSPS) is 11.3. The SMILES string of the molecule is Cc1c(CCc2nc(-c3ccc4nc[nH]c(=O)c4c3)no2)cnn1C. The molecule has 8 heteroatoms. The molecule has 0 fully saturated rings. The maximum atomic E-state index is 11.9. The van der Waals surface area contributed by atoms with Crippen molar-refractivity contribution < 1.29 is 4.52 Å². The summed E-state index contributed by atoms with van der Waals surface area (Å²) >= 11 is 0. The first-order chi connectivity index (χ1) is 12.1. The predicted molar refractivity (Wildman–Crippen MR) is 91.0 cm³/mol. The van der Waals surface area contributed by atoms with Crippen LogP contribution in [0.3, 0.4) is 0 Å². The van der Waals surface area contributed by atoms with Gasteiger partial charge in [0.1, 0.15) is 0 Å². The first-order valence-corrected chi connectivity index (χ1v) is 7.89. The summed E-state index contributed by atoms with van der Waals surface area (Å²) < 4.78 is 7.18. The van der Waals surface area contributed by atoms with Crippen molar-refractivity contribution in [2.45, 2.75) is 19.8 Å². The Kier molecular flexibility index (Phi) is 3.64. The van der Waals surface area contributed by atoms with E-state index in [9.17, 15) is 4.79 Å². The average molecular weight is 336 g/mol. The molecule has 4 aromatic rings. The summed E-state index contributed by atoms with van der Waals surface area (Å²) in [5.41, 5.74) is 3.44. The molecule has 0 aliphatic rings. The predicted octanol–water partition coefficient (Wildman–Crippen LogP) is 1.80. The highest BCUT2D eigenvalue weighted by Gasteiger charge is 2.12. The van der Waals surface area contributed by atoms with Gasteiger partial charge in [0, 0.05) is 24.7 Å². The molecule has 0 unspecified atom stereocenters. The van der Waals surface area contributed by atoms with Crippen LogP contribution in [0, 0.1) is 6.92 Å². The van der Waals surface area contributed by atoms with Gasteiger partial charge in [0.25, 0.3) is 5.56 Å². The lowest BCUT2D eigenvalue weighted by molar-refractivity contribution is 0.379. The summed E-state index contributed by atoms with van der Waals surface area (Å²) in [6.45, 7) is 2.03. The fourth-order valence-electron chi connectivity index (χ4n) is 2.71. The summed E-state index contributed by atoms with van der Waals surface area (Å²) in [5, 5.41) is 8.75. The summed E-state index contributed by atoms with van der Waals surface area (Å²) in [7, 11) is 1.92. The van der Waals surface area contributed by atoms with Gasteiger partial charge in [0.15, 0.2) is 0 Å². The Morgan fingerprint density at radius 3 is 2.96 bits per heavy atom. The molecule has 0 amide bonds. The van der Waals surface area contributed by atoms with Gasteiger partial charge >= 0.3 is 0 Å². The Morgan fingerprint density at radius 1 is 1.28 bits per heavy atom. The number of nitrogens with one attached hydrogen (secondary N) is 1. The van der Waals surface area contributed by atoms with Crippen molar-refractivity contribution in [3.05, 3.63) is 58.2 Å². The second kappa shape index (κ2) is 5.97. The van der Waals surface area contributed by atoms with Crippen LogP contribution in [0.5, 0.6) is 0 Å². The second-order valence-corrected chi connectivity index (χ2v) is 5.85. The largest absolute Gasteiger partial charge is 0.339 e. The van der Waals surface area contributed by atoms with Gasteiger partial charge in [-0.3, -0.25) is 9.48 Å². The van der Waals surface area contributed by atoms with Gasteiger partial charge in [-0.15, -0.1) is 0 Å². The number of hydrogen-bond acceptors (Lipinski definition) is 6. The highest BCUT2D eigenvalue weighted by molar-refractivity contribution is 5.82. The molecular formula is C17H16N6O2. The number of hydrogen-bond donors (Lipinski definition) is 1. The van der Waals surface area contributed by atoms with Crippen LogP contribution in [0.15, 0.2) is 40.0 Å². The minimum Gasteiger partial charge on any atom is -0.339 e. The van der Waals surface area contributed by atoms with Crippen molar-refractivity contribution in [3.8, 4) is 11.4 Å². The van der Waals surface area contributed by atoms with E-state index in [1.807, 2.05) is 30.9 Å². The average Bonchev–Trinajstić information content (AvgIpc) is 3.21. The molecule has 1 aromatic carbocycles. The van der Waals surface area contributed by atoms with E-state index in [0.29, 0.717) is 29.0 Å². The van der Waals surface area contributed by atoms with Gasteiger partial charge in [-0.2, -0.15) is 10.1 Å². The number of fused-ring (bicyclic) bond motifs is 1. The summed E-state index contributed by atoms with van der Waals surface area (Å²) in [6.07, 6.45) is 4.66. The molecule has 25 heavy (non-hydrogen) atoms. The van der Waals surface area contributed by atoms with Gasteiger partial charge in [-0.05, 0) is 37.1 Å². The summed E-state index contributed by atoms with van der Waals surface area (Å²) in [4.78, 5) is 23.0. The quantitative estimate of drug-likeness (QED) is 0.609. The van der Waals surface area contributed by atoms with Gasteiger partial charge in [-0.25, -0.2) is 4.98 Å². The number of aromatic amines is 1. The van der Waals surface area contributed by atoms with Gasteiger partial charge in [0.05, 0.1) is 23.4 Å². The standard InChI is InChI=1S/C17H16N6O2/c1-10-12(8-20-23(10)2)4-6-15-21-16(22-25-15)11-3-5-14-13(7-11)17(24)19-9-18-14/h3,5,7-9H,4,6H2,1-2H3,(H,18,19,24). The third-order valence-electron chi connectivity index (χ3n) is 4.31. The zero-order chi connectivity index (χ0) is 17.4. The molecule has 0 bridgehead atoms. The van der Waals surface area contributed by atoms with Crippen LogP contribution in [0.4, 0.5) is 0 Å². The van der Waals surface area contributed by atoms with Gasteiger partial charge in [0.2, 0.25) is 11.7 Å². The number of aromatic nitrogens is 6. The topological polar surface area (TPSA) is 102 Å². The second-order valence-electron chi connectivity index (χ2n) is 5.85. The minimum absolute atomic E-state index is 0.192. The Labute approximate surface area is 142 Å². The van der Waals surface area contributed by atoms with Crippen molar-refractivity contribution >= 4 is 10.9 Å². The van der Waals surface area contributed by atoms with E-state index in [4.69, 9.17) is 4.52 Å². The molecule has 0 saturated carbocycles. The smallest absolute Gasteiger partial charge is 0.258 e. The Morgan fingerprint density at radius 2 is 2.16 bits per heavy atom. The lowest BCUT2D eigenvalue weighted by Crippen LogP contribution is -2.06. The highest BCUT2D eigenvalue weighted by Crippen LogP contribution is 2.20. The molecule has 3 aromatic heterocycles. The molecule has 0 saturated heterocycles. The maximum Gasteiger partial charge on any atom is 0.258 e. The molecule has 3 heterocycles. The van der Waals surface area contributed by atoms with Crippen molar-refractivity contribution in [1.29, 1.82) is 0 Å². The van der Waals surface area contributed by atoms with Gasteiger partial charge < -0.3 is 9.51 Å². The molecule has 8 nitrogen and oxygen atoms in total. The van der Waals surface area contributed by atoms with Crippen LogP contribution in [-0.4, -0.2) is 29.9 Å². The van der Waals surface area contributed by atoms with Crippen LogP contribution in [-0.2, 0) is 19.9 Å². The number of rotatable bonds is 4. The molecule has 4 rings (SSSR count). The number of nitrogens with zero attached hydrogens (tertiary/aromatic N) is 5. The zero-order valence-electron chi connectivity index (χ0n) is 13.9. The Balaban J connectivity index is 1.57. The third kappa shape index (κ3) is 2.82. The van der Waals surface area contributed by atoms with E-state index in [2.05, 4.69) is 25.2 Å². The summed E-state index contributed by atoms with van der Waals surface area (Å²) in [5.74, 6) is 1.02. The lowest BCUT2D eigenvalue weighted by Gasteiger charge is -1.98. The first kappa shape index (κ1) is 15.3. The highest BCUT2D eigenvalue weighted by atomic mass is 16.5. The van der Waals surface area contributed by atoms with E-state index < -0.39 is 0 Å². The fraction of sp³-hybridized carbons (Fsp3) is 0.235. The van der Waals surface area contributed by atoms with E-state index in [1.54, 1.807) is 12.1 Å². The van der Waals surface area contributed by atoms with E-state index >= 15 is 0 Å². The Bertz CT molecular complexity index is 1110. The molecule has 0 radical (unpaired) electrons. The Hall–Kier alpha value is -3.29. The van der Waals surface area contributed by atoms with Crippen molar-refractivity contribution in [2.24, 2.45) is 7.05 Å². The van der Waals surface area contributed by atoms with E-state index in [1.165, 1.54) is 6.33 Å². The van der Waals surface area contributed by atoms with Crippen LogP contribution >= 0.6 is 0 Å². The van der Waals surface area contributed by atoms with Crippen LogP contribution < -0.4 is 5.56 Å². The van der Waals surface area contributed by atoms with Crippen molar-refractivity contribution in [3.63, 3.8) is 0 Å². The number of benzene rings is 1. The molecule has 126 valence electrons. The fourth-order valence-corrected chi connectivity index (χ4v) is 2.71. The van der Waals surface area contributed by atoms with Crippen LogP contribution in [0.2, 0.25) is 0 Å². The van der Waals surface area contributed by atoms with Crippen molar-refractivity contribution in [1.82, 2.24) is 29.9 Å². The molecule has 0 aliphatic carbocycles. The van der Waals surface area contributed by atoms with Gasteiger partial charge in [-0.1, -0.05) is 5.16 Å². The van der Waals surface area contributed by atoms with Crippen LogP contribution in [0.1, 0.15) is 17.1 Å². The monoisotopic (exact) mass is 336 g/mol. The number of H-pyrrole nitrogens is 1. The number of aryl methyl sites for hydroxylation is 3.